The van der Waals surface area contributed by atoms with E-state index in [2.05, 4.69) is 5.32 Å². The Morgan fingerprint density at radius 3 is 2.93 bits per heavy atom. The highest BCUT2D eigenvalue weighted by Crippen LogP contribution is 2.14. The number of carboxylic acids is 1. The maximum atomic E-state index is 11.3. The second-order valence-corrected chi connectivity index (χ2v) is 4.03. The average molecular weight is 214 g/mol. The monoisotopic (exact) mass is 214 g/mol. The van der Waals surface area contributed by atoms with Crippen molar-refractivity contribution in [1.29, 1.82) is 0 Å². The van der Waals surface area contributed by atoms with E-state index in [-0.39, 0.29) is 11.9 Å². The van der Waals surface area contributed by atoms with Gasteiger partial charge in [-0.15, -0.1) is 0 Å². The van der Waals surface area contributed by atoms with E-state index in [1.165, 1.54) is 0 Å². The number of carbonyl (C=O) groups is 2. The Bertz CT molecular complexity index is 255. The molecule has 0 saturated carbocycles. The van der Waals surface area contributed by atoms with Crippen LogP contribution in [0.15, 0.2) is 0 Å². The molecule has 5 heteroatoms. The number of nitrogens with zero attached hydrogens (tertiary/aromatic N) is 1. The van der Waals surface area contributed by atoms with Crippen LogP contribution in [0.1, 0.15) is 26.2 Å². The topological polar surface area (TPSA) is 69.6 Å². The van der Waals surface area contributed by atoms with Gasteiger partial charge in [0.05, 0.1) is 0 Å². The third-order valence-corrected chi connectivity index (χ3v) is 3.00. The summed E-state index contributed by atoms with van der Waals surface area (Å²) in [6, 6.07) is -0.500. The molecule has 0 aromatic carbocycles. The number of carbonyl (C=O) groups excluding carboxylic acids is 1. The Kier molecular flexibility index (Phi) is 4.08. The molecular weight excluding hydrogens is 196 g/mol. The summed E-state index contributed by atoms with van der Waals surface area (Å²) in [5.74, 6) is -0.830. The first-order valence-corrected chi connectivity index (χ1v) is 5.24. The van der Waals surface area contributed by atoms with E-state index in [0.717, 1.165) is 12.8 Å². The minimum atomic E-state index is -0.845. The molecule has 2 unspecified atom stereocenters. The molecule has 15 heavy (non-hydrogen) atoms. The molecule has 1 rings (SSSR count). The minimum Gasteiger partial charge on any atom is -0.480 e. The van der Waals surface area contributed by atoms with Gasteiger partial charge in [-0.25, -0.2) is 0 Å². The summed E-state index contributed by atoms with van der Waals surface area (Å²) < 4.78 is 0. The number of hydrogen-bond donors (Lipinski definition) is 2. The van der Waals surface area contributed by atoms with Gasteiger partial charge in [0.25, 0.3) is 0 Å². The summed E-state index contributed by atoms with van der Waals surface area (Å²) in [5.41, 5.74) is 0. The van der Waals surface area contributed by atoms with Crippen LogP contribution in [0.2, 0.25) is 0 Å². The molecule has 0 radical (unpaired) electrons. The molecule has 0 aromatic heterocycles. The summed E-state index contributed by atoms with van der Waals surface area (Å²) in [7, 11) is 1.77. The van der Waals surface area contributed by atoms with Crippen molar-refractivity contribution in [3.8, 4) is 0 Å². The number of likely N-dealkylation sites (N-methyl/N-ethyl adjacent to an activating group) is 1. The highest BCUT2D eigenvalue weighted by Gasteiger charge is 2.27. The second kappa shape index (κ2) is 5.11. The van der Waals surface area contributed by atoms with Crippen LogP contribution in [0.3, 0.4) is 0 Å². The summed E-state index contributed by atoms with van der Waals surface area (Å²) in [5, 5.41) is 11.7. The number of rotatable bonds is 3. The number of hydrogen-bond acceptors (Lipinski definition) is 3. The molecule has 1 heterocycles. The Balaban J connectivity index is 2.60. The molecule has 2 atom stereocenters. The van der Waals surface area contributed by atoms with Crippen molar-refractivity contribution in [2.75, 3.05) is 13.6 Å². The molecule has 0 spiro atoms. The van der Waals surface area contributed by atoms with Gasteiger partial charge in [0.2, 0.25) is 5.91 Å². The first kappa shape index (κ1) is 12.0. The van der Waals surface area contributed by atoms with Gasteiger partial charge in [-0.1, -0.05) is 0 Å². The van der Waals surface area contributed by atoms with Crippen LogP contribution in [-0.4, -0.2) is 47.6 Å². The fourth-order valence-electron chi connectivity index (χ4n) is 1.79. The van der Waals surface area contributed by atoms with E-state index >= 15 is 0 Å². The fraction of sp³-hybridized carbons (Fsp3) is 0.800. The van der Waals surface area contributed by atoms with Gasteiger partial charge in [-0.05, 0) is 26.8 Å². The molecule has 1 aliphatic rings. The van der Waals surface area contributed by atoms with Crippen molar-refractivity contribution in [3.63, 3.8) is 0 Å². The van der Waals surface area contributed by atoms with Gasteiger partial charge >= 0.3 is 5.97 Å². The first-order chi connectivity index (χ1) is 7.02. The molecule has 1 saturated heterocycles. The molecule has 1 aliphatic heterocycles. The van der Waals surface area contributed by atoms with Crippen LogP contribution >= 0.6 is 0 Å². The zero-order chi connectivity index (χ0) is 11.4. The van der Waals surface area contributed by atoms with Crippen molar-refractivity contribution >= 4 is 11.9 Å². The Hall–Kier alpha value is -1.10. The molecule has 1 fully saturated rings. The number of carboxylic acid groups (broad SMARTS) is 1. The van der Waals surface area contributed by atoms with Crippen LogP contribution in [0, 0.1) is 0 Å². The van der Waals surface area contributed by atoms with Crippen LogP contribution in [-0.2, 0) is 9.59 Å². The minimum absolute atomic E-state index is 0.0157. The molecule has 2 N–H and O–H groups in total. The number of nitrogens with one attached hydrogen (secondary N) is 1. The lowest BCUT2D eigenvalue weighted by Crippen LogP contribution is -2.44. The van der Waals surface area contributed by atoms with Gasteiger partial charge < -0.3 is 10.4 Å². The molecule has 1 amide bonds. The van der Waals surface area contributed by atoms with Crippen molar-refractivity contribution in [2.24, 2.45) is 0 Å². The Labute approximate surface area is 89.4 Å². The fourth-order valence-corrected chi connectivity index (χ4v) is 1.79. The molecule has 0 aliphatic carbocycles. The van der Waals surface area contributed by atoms with E-state index < -0.39 is 12.0 Å². The molecule has 0 aromatic rings. The van der Waals surface area contributed by atoms with Crippen LogP contribution in [0.25, 0.3) is 0 Å². The van der Waals surface area contributed by atoms with Crippen LogP contribution < -0.4 is 5.32 Å². The first-order valence-electron chi connectivity index (χ1n) is 5.24. The predicted molar refractivity (Wildman–Crippen MR) is 55.5 cm³/mol. The lowest BCUT2D eigenvalue weighted by Gasteiger charge is -2.29. The summed E-state index contributed by atoms with van der Waals surface area (Å²) >= 11 is 0. The van der Waals surface area contributed by atoms with Gasteiger partial charge in [-0.3, -0.25) is 14.5 Å². The van der Waals surface area contributed by atoms with Crippen LogP contribution in [0.5, 0.6) is 0 Å². The van der Waals surface area contributed by atoms with Crippen molar-refractivity contribution in [2.45, 2.75) is 38.3 Å². The van der Waals surface area contributed by atoms with Gasteiger partial charge in [0.15, 0.2) is 0 Å². The van der Waals surface area contributed by atoms with Crippen molar-refractivity contribution < 1.29 is 14.7 Å². The lowest BCUT2D eigenvalue weighted by atomic mass is 10.1. The standard InChI is InChI=1S/C10H18N2O3/c1-7(10(14)15)12(2)8-4-3-5-11-9(13)6-8/h7-8H,3-6H2,1-2H3,(H,11,13)(H,14,15). The lowest BCUT2D eigenvalue weighted by molar-refractivity contribution is -0.143. The Morgan fingerprint density at radius 1 is 1.67 bits per heavy atom. The smallest absolute Gasteiger partial charge is 0.320 e. The highest BCUT2D eigenvalue weighted by molar-refractivity contribution is 5.77. The third kappa shape index (κ3) is 3.20. The maximum absolute atomic E-state index is 11.3. The van der Waals surface area contributed by atoms with E-state index in [0.29, 0.717) is 13.0 Å². The van der Waals surface area contributed by atoms with Gasteiger partial charge in [0.1, 0.15) is 6.04 Å². The second-order valence-electron chi connectivity index (χ2n) is 4.03. The summed E-state index contributed by atoms with van der Waals surface area (Å²) in [6.45, 7) is 2.34. The van der Waals surface area contributed by atoms with Crippen molar-refractivity contribution in [3.05, 3.63) is 0 Å². The molecule has 0 bridgehead atoms. The quantitative estimate of drug-likeness (QED) is 0.697. The van der Waals surface area contributed by atoms with E-state index in [1.54, 1.807) is 18.9 Å². The molecule has 5 nitrogen and oxygen atoms in total. The van der Waals surface area contributed by atoms with Crippen molar-refractivity contribution in [1.82, 2.24) is 10.2 Å². The zero-order valence-electron chi connectivity index (χ0n) is 9.19. The molecule has 86 valence electrons. The normalized spacial score (nSPS) is 24.5. The highest BCUT2D eigenvalue weighted by atomic mass is 16.4. The zero-order valence-corrected chi connectivity index (χ0v) is 9.19. The maximum Gasteiger partial charge on any atom is 0.320 e. The van der Waals surface area contributed by atoms with E-state index in [1.807, 2.05) is 0 Å². The largest absolute Gasteiger partial charge is 0.480 e. The van der Waals surface area contributed by atoms with Gasteiger partial charge in [-0.2, -0.15) is 0 Å². The van der Waals surface area contributed by atoms with Crippen LogP contribution in [0.4, 0.5) is 0 Å². The summed E-state index contributed by atoms with van der Waals surface area (Å²) in [4.78, 5) is 23.9. The average Bonchev–Trinajstić information content (AvgIpc) is 2.40. The SMILES string of the molecule is CC(C(=O)O)N(C)C1CCCNC(=O)C1. The predicted octanol–water partition coefficient (Wildman–Crippen LogP) is 0.0600. The Morgan fingerprint density at radius 2 is 2.33 bits per heavy atom. The van der Waals surface area contributed by atoms with E-state index in [4.69, 9.17) is 5.11 Å². The number of amides is 1. The molecular formula is C10H18N2O3. The number of aliphatic carboxylic acids is 1. The third-order valence-electron chi connectivity index (χ3n) is 3.00. The van der Waals surface area contributed by atoms with E-state index in [9.17, 15) is 9.59 Å². The van der Waals surface area contributed by atoms with Gasteiger partial charge in [0, 0.05) is 19.0 Å². The summed E-state index contributed by atoms with van der Waals surface area (Å²) in [6.07, 6.45) is 2.17.